The van der Waals surface area contributed by atoms with Crippen LogP contribution in [0, 0.1) is 0 Å². The molecule has 3 rings (SSSR count). The van der Waals surface area contributed by atoms with Crippen LogP contribution in [0.5, 0.6) is 40.2 Å². The molecule has 0 atom stereocenters. The van der Waals surface area contributed by atoms with E-state index >= 15 is 0 Å². The third-order valence-electron chi connectivity index (χ3n) is 4.95. The van der Waals surface area contributed by atoms with Gasteiger partial charge in [0.25, 0.3) is 0 Å². The first-order valence-corrected chi connectivity index (χ1v) is 9.70. The molecule has 0 spiro atoms. The monoisotopic (exact) mass is 442 g/mol. The lowest BCUT2D eigenvalue weighted by Gasteiger charge is -2.14. The molecule has 0 radical (unpaired) electrons. The van der Waals surface area contributed by atoms with E-state index in [4.69, 9.17) is 33.2 Å². The molecule has 8 nitrogen and oxygen atoms in total. The fourth-order valence-electron chi connectivity index (χ4n) is 3.47. The summed E-state index contributed by atoms with van der Waals surface area (Å²) in [7, 11) is 9.09. The average molecular weight is 442 g/mol. The van der Waals surface area contributed by atoms with Crippen molar-refractivity contribution in [1.82, 2.24) is 0 Å². The minimum absolute atomic E-state index is 0.104. The molecule has 0 aromatic heterocycles. The number of fused-ring (bicyclic) bond motifs is 1. The van der Waals surface area contributed by atoms with Gasteiger partial charge < -0.3 is 33.2 Å². The van der Waals surface area contributed by atoms with E-state index in [0.29, 0.717) is 39.5 Å². The summed E-state index contributed by atoms with van der Waals surface area (Å²) in [6.45, 7) is 0.104. The number of hydrogen-bond acceptors (Lipinski definition) is 8. The Morgan fingerprint density at radius 3 is 1.72 bits per heavy atom. The standard InChI is InChI=1S/C24H26O8/c1-26-17-10-14(11-18(27-2)22(17)29-4)13-32-16-9-7-8-15-12-19(28-3)23(30-5)24(31-6)20(15)21(16)25/h7-12H,13H2,1-6H3. The summed E-state index contributed by atoms with van der Waals surface area (Å²) in [4.78, 5) is 13.4. The Hall–Kier alpha value is -3.81. The first-order chi connectivity index (χ1) is 15.5. The maximum Gasteiger partial charge on any atom is 0.232 e. The van der Waals surface area contributed by atoms with Crippen LogP contribution in [0.4, 0.5) is 0 Å². The number of rotatable bonds is 9. The summed E-state index contributed by atoms with van der Waals surface area (Å²) in [5, 5.41) is 0.960. The highest BCUT2D eigenvalue weighted by atomic mass is 16.5. The van der Waals surface area contributed by atoms with Gasteiger partial charge in [-0.25, -0.2) is 0 Å². The highest BCUT2D eigenvalue weighted by Crippen LogP contribution is 2.42. The van der Waals surface area contributed by atoms with Crippen molar-refractivity contribution in [3.05, 3.63) is 52.2 Å². The number of methoxy groups -OCH3 is 6. The first-order valence-electron chi connectivity index (χ1n) is 9.70. The Kier molecular flexibility index (Phi) is 7.14. The van der Waals surface area contributed by atoms with Gasteiger partial charge in [0.1, 0.15) is 6.61 Å². The van der Waals surface area contributed by atoms with Gasteiger partial charge in [0.05, 0.1) is 48.0 Å². The van der Waals surface area contributed by atoms with Crippen LogP contribution < -0.4 is 38.6 Å². The summed E-state index contributed by atoms with van der Waals surface area (Å²) in [5.41, 5.74) is 0.399. The Labute approximate surface area is 186 Å². The van der Waals surface area contributed by atoms with Gasteiger partial charge in [-0.1, -0.05) is 12.1 Å². The highest BCUT2D eigenvalue weighted by molar-refractivity contribution is 5.93. The third-order valence-corrected chi connectivity index (χ3v) is 4.95. The molecular weight excluding hydrogens is 416 g/mol. The van der Waals surface area contributed by atoms with Crippen molar-refractivity contribution in [3.8, 4) is 40.2 Å². The van der Waals surface area contributed by atoms with Crippen molar-refractivity contribution in [2.75, 3.05) is 42.7 Å². The minimum atomic E-state index is -0.338. The average Bonchev–Trinajstić information content (AvgIpc) is 2.98. The van der Waals surface area contributed by atoms with Crippen LogP contribution in [0.15, 0.2) is 41.2 Å². The van der Waals surface area contributed by atoms with Crippen LogP contribution in [-0.4, -0.2) is 42.7 Å². The molecule has 0 N–H and O–H groups in total. The maximum absolute atomic E-state index is 13.4. The zero-order valence-electron chi connectivity index (χ0n) is 18.9. The molecule has 0 bridgehead atoms. The molecular formula is C24H26O8. The predicted octanol–water partition coefficient (Wildman–Crippen LogP) is 3.83. The Morgan fingerprint density at radius 2 is 1.19 bits per heavy atom. The van der Waals surface area contributed by atoms with Gasteiger partial charge in [0.15, 0.2) is 28.7 Å². The normalized spacial score (nSPS) is 10.4. The van der Waals surface area contributed by atoms with Crippen LogP contribution in [0.3, 0.4) is 0 Å². The number of benzene rings is 2. The van der Waals surface area contributed by atoms with Gasteiger partial charge in [0.2, 0.25) is 16.9 Å². The van der Waals surface area contributed by atoms with Gasteiger partial charge in [-0.3, -0.25) is 4.79 Å². The van der Waals surface area contributed by atoms with Crippen molar-refractivity contribution < 1.29 is 33.2 Å². The van der Waals surface area contributed by atoms with Crippen LogP contribution in [0.1, 0.15) is 5.56 Å². The zero-order chi connectivity index (χ0) is 23.3. The molecule has 3 aromatic rings. The van der Waals surface area contributed by atoms with Gasteiger partial charge in [-0.2, -0.15) is 0 Å². The predicted molar refractivity (Wildman–Crippen MR) is 120 cm³/mol. The second kappa shape index (κ2) is 10.00. The quantitative estimate of drug-likeness (QED) is 0.495. The van der Waals surface area contributed by atoms with Crippen LogP contribution in [-0.2, 0) is 6.61 Å². The Morgan fingerprint density at radius 1 is 0.625 bits per heavy atom. The molecule has 0 saturated heterocycles. The lowest BCUT2D eigenvalue weighted by molar-refractivity contribution is 0.296. The van der Waals surface area contributed by atoms with Gasteiger partial charge in [-0.05, 0) is 35.2 Å². The van der Waals surface area contributed by atoms with E-state index in [1.807, 2.05) is 0 Å². The van der Waals surface area contributed by atoms with Crippen molar-refractivity contribution >= 4 is 10.8 Å². The van der Waals surface area contributed by atoms with Crippen molar-refractivity contribution in [2.24, 2.45) is 0 Å². The maximum atomic E-state index is 13.4. The summed E-state index contributed by atoms with van der Waals surface area (Å²) >= 11 is 0. The van der Waals surface area contributed by atoms with E-state index in [0.717, 1.165) is 5.56 Å². The summed E-state index contributed by atoms with van der Waals surface area (Å²) < 4.78 is 38.3. The first kappa shape index (κ1) is 22.9. The molecule has 0 heterocycles. The Bertz CT molecular complexity index is 1150. The van der Waals surface area contributed by atoms with Crippen molar-refractivity contribution in [2.45, 2.75) is 6.61 Å². The smallest absolute Gasteiger partial charge is 0.232 e. The molecule has 0 aliphatic carbocycles. The Balaban J connectivity index is 2.08. The summed E-state index contributed by atoms with van der Waals surface area (Å²) in [6.07, 6.45) is 0. The fraction of sp³-hybridized carbons (Fsp3) is 0.292. The molecule has 0 fully saturated rings. The minimum Gasteiger partial charge on any atom is -0.493 e. The number of hydrogen-bond donors (Lipinski definition) is 0. The molecule has 0 saturated carbocycles. The second-order valence-corrected chi connectivity index (χ2v) is 6.65. The highest BCUT2D eigenvalue weighted by Gasteiger charge is 2.19. The van der Waals surface area contributed by atoms with Gasteiger partial charge >= 0.3 is 0 Å². The largest absolute Gasteiger partial charge is 0.493 e. The van der Waals surface area contributed by atoms with Crippen LogP contribution >= 0.6 is 0 Å². The molecule has 0 unspecified atom stereocenters. The lowest BCUT2D eigenvalue weighted by atomic mass is 10.1. The lowest BCUT2D eigenvalue weighted by Crippen LogP contribution is -2.08. The molecule has 0 amide bonds. The fourth-order valence-corrected chi connectivity index (χ4v) is 3.47. The van der Waals surface area contributed by atoms with Gasteiger partial charge in [-0.15, -0.1) is 0 Å². The van der Waals surface area contributed by atoms with E-state index < -0.39 is 0 Å². The van der Waals surface area contributed by atoms with E-state index in [1.54, 1.807) is 36.4 Å². The summed E-state index contributed by atoms with van der Waals surface area (Å²) in [6, 6.07) is 10.4. The van der Waals surface area contributed by atoms with Crippen molar-refractivity contribution in [3.63, 3.8) is 0 Å². The molecule has 32 heavy (non-hydrogen) atoms. The van der Waals surface area contributed by atoms with Gasteiger partial charge in [0, 0.05) is 0 Å². The summed E-state index contributed by atoms with van der Waals surface area (Å²) in [5.74, 6) is 2.69. The topological polar surface area (TPSA) is 81.7 Å². The molecule has 0 aliphatic heterocycles. The van der Waals surface area contributed by atoms with E-state index in [2.05, 4.69) is 0 Å². The van der Waals surface area contributed by atoms with Crippen LogP contribution in [0.25, 0.3) is 10.8 Å². The van der Waals surface area contributed by atoms with E-state index in [9.17, 15) is 4.79 Å². The zero-order valence-corrected chi connectivity index (χ0v) is 18.9. The SMILES string of the molecule is COc1cc(COc2cccc3cc(OC)c(OC)c(OC)c3c2=O)cc(OC)c1OC. The second-order valence-electron chi connectivity index (χ2n) is 6.65. The third kappa shape index (κ3) is 4.16. The van der Waals surface area contributed by atoms with Crippen molar-refractivity contribution in [1.29, 1.82) is 0 Å². The molecule has 8 heteroatoms. The molecule has 3 aromatic carbocycles. The molecule has 0 aliphatic rings. The molecule has 170 valence electrons. The van der Waals surface area contributed by atoms with E-state index in [-0.39, 0.29) is 23.5 Å². The van der Waals surface area contributed by atoms with E-state index in [1.165, 1.54) is 42.7 Å². The van der Waals surface area contributed by atoms with Crippen LogP contribution in [0.2, 0.25) is 0 Å². The number of ether oxygens (including phenoxy) is 7.